The van der Waals surface area contributed by atoms with E-state index in [4.69, 9.17) is 10.8 Å². The monoisotopic (exact) mass is 190 g/mol. The van der Waals surface area contributed by atoms with Crippen LogP contribution in [0.3, 0.4) is 0 Å². The average Bonchev–Trinajstić information content (AvgIpc) is 1.96. The summed E-state index contributed by atoms with van der Waals surface area (Å²) in [6.45, 7) is 5.42. The van der Waals surface area contributed by atoms with E-state index in [1.54, 1.807) is 20.8 Å². The molecule has 78 valence electrons. The molecule has 0 unspecified atom stereocenters. The predicted octanol–water partition coefficient (Wildman–Crippen LogP) is 0.0845. The molecule has 0 aromatic rings. The topological polar surface area (TPSA) is 86.8 Å². The van der Waals surface area contributed by atoms with Gasteiger partial charge in [-0.1, -0.05) is 0 Å². The summed E-state index contributed by atoms with van der Waals surface area (Å²) in [5.74, 6) is 0. The van der Waals surface area contributed by atoms with Crippen molar-refractivity contribution in [2.45, 2.75) is 32.4 Å². The molecule has 0 saturated carbocycles. The maximum Gasteiger partial charge on any atom is 0.407 e. The number of carboxylic acid groups (broad SMARTS) is 1. The van der Waals surface area contributed by atoms with Gasteiger partial charge in [-0.05, 0) is 20.8 Å². The second-order valence-corrected chi connectivity index (χ2v) is 3.95. The maximum atomic E-state index is 10.8. The van der Waals surface area contributed by atoms with Crippen molar-refractivity contribution < 1.29 is 15.0 Å². The summed E-state index contributed by atoms with van der Waals surface area (Å²) in [4.78, 5) is 11.9. The van der Waals surface area contributed by atoms with Crippen LogP contribution in [0, 0.1) is 0 Å². The normalized spacial score (nSPS) is 13.9. The van der Waals surface area contributed by atoms with Gasteiger partial charge in [0.25, 0.3) is 0 Å². The number of nitrogens with two attached hydrogens (primary N) is 1. The van der Waals surface area contributed by atoms with Crippen LogP contribution < -0.4 is 5.73 Å². The number of hydrogen-bond acceptors (Lipinski definition) is 3. The van der Waals surface area contributed by atoms with Crippen LogP contribution in [0.1, 0.15) is 20.8 Å². The highest BCUT2D eigenvalue weighted by molar-refractivity contribution is 5.66. The summed E-state index contributed by atoms with van der Waals surface area (Å²) >= 11 is 0. The van der Waals surface area contributed by atoms with Crippen LogP contribution in [0.15, 0.2) is 0 Å². The molecular weight excluding hydrogens is 172 g/mol. The Hall–Kier alpha value is -0.810. The lowest BCUT2D eigenvalue weighted by molar-refractivity contribution is 0.0589. The molecule has 0 spiro atoms. The van der Waals surface area contributed by atoms with E-state index in [9.17, 15) is 9.90 Å². The molecule has 5 heteroatoms. The van der Waals surface area contributed by atoms with Crippen LogP contribution in [0.25, 0.3) is 0 Å². The Balaban J connectivity index is 4.37. The van der Waals surface area contributed by atoms with Gasteiger partial charge in [0, 0.05) is 12.1 Å². The van der Waals surface area contributed by atoms with Gasteiger partial charge in [0.2, 0.25) is 0 Å². The number of aliphatic hydroxyl groups excluding tert-OH is 1. The van der Waals surface area contributed by atoms with Gasteiger partial charge in [-0.2, -0.15) is 0 Å². The van der Waals surface area contributed by atoms with Crippen molar-refractivity contribution in [1.82, 2.24) is 4.90 Å². The van der Waals surface area contributed by atoms with Gasteiger partial charge in [-0.25, -0.2) is 4.79 Å². The quantitative estimate of drug-likeness (QED) is 0.588. The molecule has 0 aliphatic rings. The Kier molecular flexibility index (Phi) is 4.16. The number of β-amino-alcohol motifs (C(OH)–C–C–N with tert-alkyl or cyclic N) is 1. The zero-order valence-electron chi connectivity index (χ0n) is 8.32. The average molecular weight is 190 g/mol. The Bertz CT molecular complexity index is 177. The van der Waals surface area contributed by atoms with Crippen molar-refractivity contribution in [3.63, 3.8) is 0 Å². The summed E-state index contributed by atoms with van der Waals surface area (Å²) in [6.07, 6.45) is -1.84. The second kappa shape index (κ2) is 4.43. The minimum atomic E-state index is -1.04. The molecule has 0 aromatic heterocycles. The molecule has 1 amide bonds. The van der Waals surface area contributed by atoms with Gasteiger partial charge >= 0.3 is 6.09 Å². The van der Waals surface area contributed by atoms with E-state index < -0.39 is 17.7 Å². The first-order valence-electron chi connectivity index (χ1n) is 4.17. The van der Waals surface area contributed by atoms with Gasteiger partial charge in [0.05, 0.1) is 12.6 Å². The Labute approximate surface area is 78.1 Å². The van der Waals surface area contributed by atoms with Crippen LogP contribution in [0.5, 0.6) is 0 Å². The molecule has 0 radical (unpaired) electrons. The largest absolute Gasteiger partial charge is 0.465 e. The summed E-state index contributed by atoms with van der Waals surface area (Å²) in [5, 5.41) is 18.0. The highest BCUT2D eigenvalue weighted by Gasteiger charge is 2.27. The number of nitrogens with zero attached hydrogens (tertiary/aromatic N) is 1. The molecule has 4 N–H and O–H groups in total. The molecule has 0 bridgehead atoms. The van der Waals surface area contributed by atoms with Gasteiger partial charge in [0.15, 0.2) is 0 Å². The zero-order valence-corrected chi connectivity index (χ0v) is 8.32. The summed E-state index contributed by atoms with van der Waals surface area (Å²) in [7, 11) is 0. The Morgan fingerprint density at radius 2 is 2.00 bits per heavy atom. The number of amides is 1. The first-order valence-corrected chi connectivity index (χ1v) is 4.17. The predicted molar refractivity (Wildman–Crippen MR) is 49.5 cm³/mol. The molecule has 0 aliphatic heterocycles. The summed E-state index contributed by atoms with van der Waals surface area (Å²) in [6, 6.07) is 0. The molecule has 0 fully saturated rings. The smallest absolute Gasteiger partial charge is 0.407 e. The van der Waals surface area contributed by atoms with Crippen LogP contribution in [-0.4, -0.2) is 45.9 Å². The molecule has 0 rings (SSSR count). The van der Waals surface area contributed by atoms with E-state index in [1.807, 2.05) is 0 Å². The van der Waals surface area contributed by atoms with Crippen LogP contribution in [-0.2, 0) is 0 Å². The Morgan fingerprint density at radius 1 is 1.54 bits per heavy atom. The van der Waals surface area contributed by atoms with Gasteiger partial charge in [-0.15, -0.1) is 0 Å². The SMILES string of the molecule is CC(C)(C)N(C[C@H](O)CN)C(=O)O. The van der Waals surface area contributed by atoms with E-state index in [0.29, 0.717) is 0 Å². The first kappa shape index (κ1) is 12.2. The van der Waals surface area contributed by atoms with Crippen molar-refractivity contribution >= 4 is 6.09 Å². The molecule has 5 nitrogen and oxygen atoms in total. The number of rotatable bonds is 3. The lowest BCUT2D eigenvalue weighted by Gasteiger charge is -2.34. The molecule has 13 heavy (non-hydrogen) atoms. The first-order chi connectivity index (χ1) is 5.79. The lowest BCUT2D eigenvalue weighted by Crippen LogP contribution is -2.49. The molecule has 1 atom stereocenters. The molecule has 0 heterocycles. The van der Waals surface area contributed by atoms with Crippen molar-refractivity contribution in [2.24, 2.45) is 5.73 Å². The summed E-state index contributed by atoms with van der Waals surface area (Å²) in [5.41, 5.74) is 4.68. The third-order valence-corrected chi connectivity index (χ3v) is 1.71. The van der Waals surface area contributed by atoms with E-state index >= 15 is 0 Å². The third kappa shape index (κ3) is 4.10. The van der Waals surface area contributed by atoms with E-state index in [1.165, 1.54) is 4.90 Å². The van der Waals surface area contributed by atoms with Crippen molar-refractivity contribution in [1.29, 1.82) is 0 Å². The van der Waals surface area contributed by atoms with Crippen LogP contribution >= 0.6 is 0 Å². The fourth-order valence-electron chi connectivity index (χ4n) is 0.924. The van der Waals surface area contributed by atoms with Crippen LogP contribution in [0.2, 0.25) is 0 Å². The fourth-order valence-corrected chi connectivity index (χ4v) is 0.924. The van der Waals surface area contributed by atoms with Gasteiger partial charge < -0.3 is 20.8 Å². The molecule has 0 saturated heterocycles. The molecular formula is C8H18N2O3. The minimum Gasteiger partial charge on any atom is -0.465 e. The van der Waals surface area contributed by atoms with E-state index in [2.05, 4.69) is 0 Å². The van der Waals surface area contributed by atoms with E-state index in [0.717, 1.165) is 0 Å². The molecule has 0 aliphatic carbocycles. The lowest BCUT2D eigenvalue weighted by atomic mass is 10.1. The number of carbonyl (C=O) groups is 1. The van der Waals surface area contributed by atoms with Crippen LogP contribution in [0.4, 0.5) is 4.79 Å². The number of aliphatic hydroxyl groups is 1. The highest BCUT2D eigenvalue weighted by Crippen LogP contribution is 2.13. The highest BCUT2D eigenvalue weighted by atomic mass is 16.4. The maximum absolute atomic E-state index is 10.8. The zero-order chi connectivity index (χ0) is 10.6. The van der Waals surface area contributed by atoms with Crippen molar-refractivity contribution in [3.05, 3.63) is 0 Å². The second-order valence-electron chi connectivity index (χ2n) is 3.95. The molecule has 0 aromatic carbocycles. The van der Waals surface area contributed by atoms with Crippen molar-refractivity contribution in [2.75, 3.05) is 13.1 Å². The van der Waals surface area contributed by atoms with Gasteiger partial charge in [-0.3, -0.25) is 0 Å². The fraction of sp³-hybridized carbons (Fsp3) is 0.875. The third-order valence-electron chi connectivity index (χ3n) is 1.71. The minimum absolute atomic E-state index is 0.0509. The standard InChI is InChI=1S/C8H18N2O3/c1-8(2,3)10(7(12)13)5-6(11)4-9/h6,11H,4-5,9H2,1-3H3,(H,12,13)/t6-/m1/s1. The van der Waals surface area contributed by atoms with E-state index in [-0.39, 0.29) is 13.1 Å². The van der Waals surface area contributed by atoms with Gasteiger partial charge in [0.1, 0.15) is 0 Å². The Morgan fingerprint density at radius 3 is 2.23 bits per heavy atom. The van der Waals surface area contributed by atoms with Crippen molar-refractivity contribution in [3.8, 4) is 0 Å². The number of hydrogen-bond donors (Lipinski definition) is 3. The summed E-state index contributed by atoms with van der Waals surface area (Å²) < 4.78 is 0.